The maximum Gasteiger partial charge on any atom is 0.188 e. The minimum Gasteiger partial charge on any atom is -0.387 e. The standard InChI is InChI=1S/C23H37N2OPS/c1-19(14-18-28-23(26)12-6-7-17-27)25-16-8-11-22(25)20(2)24-15-13-21-9-4-3-5-10-21/h4,9-10,22,24H,1-3,5-8,11-18,27H2. The quantitative estimate of drug-likeness (QED) is 0.318. The fraction of sp³-hybridized carbons (Fsp3) is 0.609. The van der Waals surface area contributed by atoms with Crippen molar-refractivity contribution in [2.24, 2.45) is 0 Å². The van der Waals surface area contributed by atoms with Crippen molar-refractivity contribution in [2.45, 2.75) is 63.8 Å². The Morgan fingerprint density at radius 3 is 2.89 bits per heavy atom. The maximum absolute atomic E-state index is 11.9. The van der Waals surface area contributed by atoms with Crippen LogP contribution in [0.4, 0.5) is 0 Å². The molecule has 28 heavy (non-hydrogen) atoms. The molecule has 1 fully saturated rings. The lowest BCUT2D eigenvalue weighted by Crippen LogP contribution is -2.35. The topological polar surface area (TPSA) is 32.3 Å². The molecule has 1 aliphatic carbocycles. The molecular formula is C23H37N2OPS. The Kier molecular flexibility index (Phi) is 11.0. The van der Waals surface area contributed by atoms with Crippen molar-refractivity contribution in [2.75, 3.05) is 25.0 Å². The summed E-state index contributed by atoms with van der Waals surface area (Å²) in [5.74, 6) is 0.835. The smallest absolute Gasteiger partial charge is 0.188 e. The molecule has 0 saturated carbocycles. The van der Waals surface area contributed by atoms with Crippen LogP contribution in [0.3, 0.4) is 0 Å². The van der Waals surface area contributed by atoms with E-state index in [-0.39, 0.29) is 0 Å². The van der Waals surface area contributed by atoms with Gasteiger partial charge >= 0.3 is 0 Å². The summed E-state index contributed by atoms with van der Waals surface area (Å²) in [5, 5.41) is 3.87. The van der Waals surface area contributed by atoms with Crippen molar-refractivity contribution in [3.05, 3.63) is 48.4 Å². The van der Waals surface area contributed by atoms with E-state index in [0.717, 1.165) is 68.5 Å². The van der Waals surface area contributed by atoms with Crippen LogP contribution in [0.25, 0.3) is 0 Å². The van der Waals surface area contributed by atoms with E-state index in [4.69, 9.17) is 0 Å². The van der Waals surface area contributed by atoms with Gasteiger partial charge in [0.25, 0.3) is 0 Å². The van der Waals surface area contributed by atoms with Crippen LogP contribution in [-0.4, -0.2) is 41.1 Å². The summed E-state index contributed by atoms with van der Waals surface area (Å²) in [5.41, 5.74) is 3.69. The molecule has 0 radical (unpaired) electrons. The highest BCUT2D eigenvalue weighted by Gasteiger charge is 2.27. The number of hydrogen-bond acceptors (Lipinski definition) is 4. The maximum atomic E-state index is 11.9. The molecule has 5 heteroatoms. The van der Waals surface area contributed by atoms with Crippen LogP contribution in [-0.2, 0) is 4.79 Å². The van der Waals surface area contributed by atoms with Crippen LogP contribution >= 0.6 is 21.0 Å². The zero-order valence-corrected chi connectivity index (χ0v) is 19.2. The van der Waals surface area contributed by atoms with Gasteiger partial charge in [0.15, 0.2) is 5.12 Å². The second-order valence-electron chi connectivity index (χ2n) is 7.59. The molecule has 1 saturated heterocycles. The molecule has 2 unspecified atom stereocenters. The summed E-state index contributed by atoms with van der Waals surface area (Å²) in [4.78, 5) is 14.3. The molecule has 2 atom stereocenters. The van der Waals surface area contributed by atoms with Crippen molar-refractivity contribution >= 4 is 26.1 Å². The first kappa shape index (κ1) is 23.3. The summed E-state index contributed by atoms with van der Waals surface area (Å²) >= 11 is 1.47. The third kappa shape index (κ3) is 8.17. The van der Waals surface area contributed by atoms with Crippen LogP contribution in [0.1, 0.15) is 57.8 Å². The Hall–Kier alpha value is -0.990. The Morgan fingerprint density at radius 2 is 2.14 bits per heavy atom. The van der Waals surface area contributed by atoms with Crippen molar-refractivity contribution in [3.8, 4) is 0 Å². The molecule has 1 heterocycles. The first-order chi connectivity index (χ1) is 13.6. The molecule has 1 aliphatic heterocycles. The van der Waals surface area contributed by atoms with Gasteiger partial charge in [-0.15, -0.1) is 9.24 Å². The molecule has 1 N–H and O–H groups in total. The Bertz CT molecular complexity index is 599. The zero-order chi connectivity index (χ0) is 20.2. The highest BCUT2D eigenvalue weighted by atomic mass is 32.2. The van der Waals surface area contributed by atoms with E-state index in [1.165, 1.54) is 36.6 Å². The van der Waals surface area contributed by atoms with Gasteiger partial charge in [0, 0.05) is 36.7 Å². The van der Waals surface area contributed by atoms with E-state index in [9.17, 15) is 4.79 Å². The van der Waals surface area contributed by atoms with E-state index >= 15 is 0 Å². The number of nitrogens with one attached hydrogen (secondary N) is 1. The minimum atomic E-state index is 0.321. The van der Waals surface area contributed by atoms with Crippen molar-refractivity contribution < 1.29 is 4.79 Å². The summed E-state index contributed by atoms with van der Waals surface area (Å²) in [7, 11) is 2.72. The van der Waals surface area contributed by atoms with Crippen molar-refractivity contribution in [1.29, 1.82) is 0 Å². The molecule has 0 aromatic carbocycles. The molecule has 0 aromatic heterocycles. The van der Waals surface area contributed by atoms with Crippen LogP contribution in [0.2, 0.25) is 0 Å². The van der Waals surface area contributed by atoms with Gasteiger partial charge in [-0.05, 0) is 57.5 Å². The number of carbonyl (C=O) groups is 1. The van der Waals surface area contributed by atoms with Crippen LogP contribution in [0.15, 0.2) is 48.4 Å². The van der Waals surface area contributed by atoms with Gasteiger partial charge in [0.2, 0.25) is 0 Å². The average Bonchev–Trinajstić information content (AvgIpc) is 3.19. The average molecular weight is 421 g/mol. The third-order valence-electron chi connectivity index (χ3n) is 5.39. The number of likely N-dealkylation sites (tertiary alicyclic amines) is 1. The van der Waals surface area contributed by atoms with Crippen LogP contribution in [0.5, 0.6) is 0 Å². The van der Waals surface area contributed by atoms with E-state index in [0.29, 0.717) is 17.6 Å². The molecule has 2 aliphatic rings. The molecule has 0 bridgehead atoms. The first-order valence-electron chi connectivity index (χ1n) is 10.7. The molecule has 3 nitrogen and oxygen atoms in total. The third-order valence-corrected chi connectivity index (χ3v) is 6.73. The number of rotatable bonds is 13. The first-order valence-corrected chi connectivity index (χ1v) is 12.5. The zero-order valence-electron chi connectivity index (χ0n) is 17.3. The minimum absolute atomic E-state index is 0.321. The summed E-state index contributed by atoms with van der Waals surface area (Å²) in [6, 6.07) is 0.339. The largest absolute Gasteiger partial charge is 0.387 e. The molecule has 0 spiro atoms. The van der Waals surface area contributed by atoms with Gasteiger partial charge in [-0.2, -0.15) is 0 Å². The fourth-order valence-corrected chi connectivity index (χ4v) is 4.90. The lowest BCUT2D eigenvalue weighted by molar-refractivity contribution is -0.111. The van der Waals surface area contributed by atoms with Crippen molar-refractivity contribution in [1.82, 2.24) is 10.2 Å². The fourth-order valence-electron chi connectivity index (χ4n) is 3.76. The molecule has 0 aromatic rings. The van der Waals surface area contributed by atoms with Gasteiger partial charge < -0.3 is 10.2 Å². The van der Waals surface area contributed by atoms with E-state index in [1.54, 1.807) is 0 Å². The lowest BCUT2D eigenvalue weighted by Gasteiger charge is -2.30. The summed E-state index contributed by atoms with van der Waals surface area (Å²) < 4.78 is 0. The van der Waals surface area contributed by atoms with Gasteiger partial charge in [0.1, 0.15) is 0 Å². The highest BCUT2D eigenvalue weighted by molar-refractivity contribution is 8.13. The molecule has 0 amide bonds. The van der Waals surface area contributed by atoms with Gasteiger partial charge in [-0.3, -0.25) is 4.79 Å². The second-order valence-corrected chi connectivity index (χ2v) is 9.32. The summed E-state index contributed by atoms with van der Waals surface area (Å²) in [6.45, 7) is 10.6. The lowest BCUT2D eigenvalue weighted by atomic mass is 10.0. The number of hydrogen-bond donors (Lipinski definition) is 1. The normalized spacial score (nSPS) is 18.8. The number of allylic oxidation sites excluding steroid dienone is 4. The Labute approximate surface area is 178 Å². The van der Waals surface area contributed by atoms with Gasteiger partial charge in [-0.1, -0.05) is 48.7 Å². The number of unbranched alkanes of at least 4 members (excludes halogenated alkanes) is 1. The summed E-state index contributed by atoms with van der Waals surface area (Å²) in [6.07, 6.45) is 17.3. The SMILES string of the molecule is C=C(NCCC1=CCCC=C1)C1CCCN1C(=C)CCSC(=O)CCCCP. The van der Waals surface area contributed by atoms with E-state index < -0.39 is 0 Å². The van der Waals surface area contributed by atoms with Crippen LogP contribution < -0.4 is 5.32 Å². The molecule has 2 rings (SSSR count). The number of carbonyl (C=O) groups excluding carboxylic acids is 1. The van der Waals surface area contributed by atoms with Gasteiger partial charge in [-0.25, -0.2) is 0 Å². The second kappa shape index (κ2) is 13.3. The Morgan fingerprint density at radius 1 is 1.29 bits per heavy atom. The highest BCUT2D eigenvalue weighted by Crippen LogP contribution is 2.27. The Balaban J connectivity index is 1.68. The van der Waals surface area contributed by atoms with E-state index in [1.807, 2.05) is 0 Å². The van der Waals surface area contributed by atoms with Crippen LogP contribution in [0, 0.1) is 0 Å². The molecule has 156 valence electrons. The van der Waals surface area contributed by atoms with Gasteiger partial charge in [0.05, 0.1) is 6.04 Å². The number of thioether (sulfide) groups is 1. The molecular weight excluding hydrogens is 383 g/mol. The predicted octanol–water partition coefficient (Wildman–Crippen LogP) is 5.43. The number of nitrogens with zero attached hydrogens (tertiary/aromatic N) is 1. The predicted molar refractivity (Wildman–Crippen MR) is 128 cm³/mol. The monoisotopic (exact) mass is 420 g/mol. The van der Waals surface area contributed by atoms with Crippen molar-refractivity contribution in [3.63, 3.8) is 0 Å². The van der Waals surface area contributed by atoms with E-state index in [2.05, 4.69) is 50.8 Å².